The Balaban J connectivity index is 1.79. The van der Waals surface area contributed by atoms with Gasteiger partial charge in [-0.25, -0.2) is 0 Å². The first kappa shape index (κ1) is 8.03. The van der Waals surface area contributed by atoms with Crippen molar-refractivity contribution in [2.75, 3.05) is 0 Å². The molecule has 0 bridgehead atoms. The fraction of sp³-hybridized carbons (Fsp3) is 0.727. The minimum Gasteiger partial charge on any atom is -0.299 e. The molecule has 0 aliphatic heterocycles. The van der Waals surface area contributed by atoms with Gasteiger partial charge in [-0.1, -0.05) is 6.08 Å². The average molecular weight is 164 g/mol. The summed E-state index contributed by atoms with van der Waals surface area (Å²) in [7, 11) is 0. The molecule has 2 aliphatic carbocycles. The molecular weight excluding hydrogens is 148 g/mol. The van der Waals surface area contributed by atoms with Crippen LogP contribution >= 0.6 is 0 Å². The molecular formula is C11H16O. The van der Waals surface area contributed by atoms with Crippen LogP contribution in [0.2, 0.25) is 0 Å². The van der Waals surface area contributed by atoms with Gasteiger partial charge in [-0.05, 0) is 37.5 Å². The van der Waals surface area contributed by atoms with E-state index in [0.29, 0.717) is 11.7 Å². The minimum atomic E-state index is 0.440. The van der Waals surface area contributed by atoms with Gasteiger partial charge in [-0.3, -0.25) is 4.79 Å². The number of hydrogen-bond acceptors (Lipinski definition) is 1. The van der Waals surface area contributed by atoms with E-state index in [1.54, 1.807) is 0 Å². The van der Waals surface area contributed by atoms with E-state index in [-0.39, 0.29) is 0 Å². The number of ketones is 1. The molecule has 1 heteroatoms. The van der Waals surface area contributed by atoms with Crippen LogP contribution in [-0.4, -0.2) is 5.78 Å². The van der Waals surface area contributed by atoms with Crippen LogP contribution in [0.1, 0.15) is 32.1 Å². The zero-order chi connectivity index (χ0) is 8.55. The highest BCUT2D eigenvalue weighted by molar-refractivity contribution is 5.85. The normalized spacial score (nSPS) is 38.0. The van der Waals surface area contributed by atoms with Crippen LogP contribution in [0.5, 0.6) is 0 Å². The van der Waals surface area contributed by atoms with Gasteiger partial charge in [0.2, 0.25) is 0 Å². The lowest BCUT2D eigenvalue weighted by Gasteiger charge is -2.08. The molecule has 2 saturated carbocycles. The lowest BCUT2D eigenvalue weighted by molar-refractivity contribution is -0.121. The molecule has 0 radical (unpaired) electrons. The first-order valence-corrected chi connectivity index (χ1v) is 4.96. The summed E-state index contributed by atoms with van der Waals surface area (Å²) >= 11 is 0. The Hall–Kier alpha value is -0.590. The van der Waals surface area contributed by atoms with Crippen molar-refractivity contribution in [3.63, 3.8) is 0 Å². The lowest BCUT2D eigenvalue weighted by atomic mass is 9.96. The third-order valence-electron chi connectivity index (χ3n) is 3.29. The van der Waals surface area contributed by atoms with E-state index in [4.69, 9.17) is 0 Å². The van der Waals surface area contributed by atoms with Crippen molar-refractivity contribution in [2.45, 2.75) is 32.1 Å². The Morgan fingerprint density at radius 2 is 2.42 bits per heavy atom. The van der Waals surface area contributed by atoms with E-state index in [9.17, 15) is 4.79 Å². The summed E-state index contributed by atoms with van der Waals surface area (Å²) in [6.07, 6.45) is 7.52. The molecule has 12 heavy (non-hydrogen) atoms. The van der Waals surface area contributed by atoms with E-state index in [2.05, 4.69) is 6.58 Å². The van der Waals surface area contributed by atoms with Crippen LogP contribution in [0.3, 0.4) is 0 Å². The quantitative estimate of drug-likeness (QED) is 0.461. The molecule has 1 unspecified atom stereocenters. The van der Waals surface area contributed by atoms with Crippen LogP contribution in [0.15, 0.2) is 12.7 Å². The Kier molecular flexibility index (Phi) is 2.03. The van der Waals surface area contributed by atoms with E-state index in [1.165, 1.54) is 6.42 Å². The molecule has 1 nitrogen and oxygen atoms in total. The van der Waals surface area contributed by atoms with Crippen molar-refractivity contribution in [3.8, 4) is 0 Å². The van der Waals surface area contributed by atoms with Gasteiger partial charge < -0.3 is 0 Å². The van der Waals surface area contributed by atoms with E-state index >= 15 is 0 Å². The Morgan fingerprint density at radius 1 is 1.58 bits per heavy atom. The van der Waals surface area contributed by atoms with Crippen LogP contribution in [0.25, 0.3) is 0 Å². The van der Waals surface area contributed by atoms with Crippen LogP contribution < -0.4 is 0 Å². The monoisotopic (exact) mass is 164 g/mol. The molecule has 0 spiro atoms. The number of fused-ring (bicyclic) bond motifs is 1. The van der Waals surface area contributed by atoms with Crippen molar-refractivity contribution in [2.24, 2.45) is 17.8 Å². The smallest absolute Gasteiger partial charge is 0.136 e. The Bertz CT molecular complexity index is 207. The van der Waals surface area contributed by atoms with Gasteiger partial charge in [-0.2, -0.15) is 0 Å². The molecule has 2 rings (SSSR count). The van der Waals surface area contributed by atoms with E-state index in [0.717, 1.165) is 37.5 Å². The molecule has 0 saturated heterocycles. The highest BCUT2D eigenvalue weighted by Gasteiger charge is 2.52. The van der Waals surface area contributed by atoms with E-state index < -0.39 is 0 Å². The lowest BCUT2D eigenvalue weighted by Crippen LogP contribution is -2.10. The largest absolute Gasteiger partial charge is 0.299 e. The summed E-state index contributed by atoms with van der Waals surface area (Å²) in [5.74, 6) is 2.57. The van der Waals surface area contributed by atoms with Gasteiger partial charge >= 0.3 is 0 Å². The number of carbonyl (C=O) groups is 1. The first-order valence-electron chi connectivity index (χ1n) is 4.96. The maximum absolute atomic E-state index is 11.4. The van der Waals surface area contributed by atoms with Crippen LogP contribution in [0.4, 0.5) is 0 Å². The maximum atomic E-state index is 11.4. The van der Waals surface area contributed by atoms with Crippen LogP contribution in [0, 0.1) is 17.8 Å². The van der Waals surface area contributed by atoms with Gasteiger partial charge in [0.15, 0.2) is 0 Å². The Morgan fingerprint density at radius 3 is 3.00 bits per heavy atom. The van der Waals surface area contributed by atoms with Gasteiger partial charge in [-0.15, -0.1) is 6.58 Å². The van der Waals surface area contributed by atoms with Gasteiger partial charge in [0.1, 0.15) is 5.78 Å². The van der Waals surface area contributed by atoms with Crippen molar-refractivity contribution in [1.29, 1.82) is 0 Å². The average Bonchev–Trinajstić information content (AvgIpc) is 2.72. The number of hydrogen-bond donors (Lipinski definition) is 0. The third kappa shape index (κ3) is 1.33. The molecule has 2 fully saturated rings. The Labute approximate surface area is 73.8 Å². The van der Waals surface area contributed by atoms with Crippen molar-refractivity contribution in [1.82, 2.24) is 0 Å². The van der Waals surface area contributed by atoms with Gasteiger partial charge in [0.05, 0.1) is 0 Å². The second kappa shape index (κ2) is 3.04. The summed E-state index contributed by atoms with van der Waals surface area (Å²) in [5.41, 5.74) is 0. The highest BCUT2D eigenvalue weighted by atomic mass is 16.1. The summed E-state index contributed by atoms with van der Waals surface area (Å²) in [5, 5.41) is 0. The number of carbonyl (C=O) groups excluding carboxylic acids is 1. The molecule has 0 N–H and O–H groups in total. The third-order valence-corrected chi connectivity index (χ3v) is 3.29. The van der Waals surface area contributed by atoms with Crippen LogP contribution in [-0.2, 0) is 4.79 Å². The molecule has 2 aliphatic rings. The maximum Gasteiger partial charge on any atom is 0.136 e. The van der Waals surface area contributed by atoms with Crippen molar-refractivity contribution >= 4 is 5.78 Å². The summed E-state index contributed by atoms with van der Waals surface area (Å²) in [6, 6.07) is 0. The first-order chi connectivity index (χ1) is 5.83. The zero-order valence-electron chi connectivity index (χ0n) is 7.46. The second-order valence-electron chi connectivity index (χ2n) is 4.16. The zero-order valence-corrected chi connectivity index (χ0v) is 7.46. The summed E-state index contributed by atoms with van der Waals surface area (Å²) < 4.78 is 0. The fourth-order valence-corrected chi connectivity index (χ4v) is 2.50. The number of unbranched alkanes of at least 4 members (excludes halogenated alkanes) is 1. The van der Waals surface area contributed by atoms with Crippen molar-refractivity contribution in [3.05, 3.63) is 12.7 Å². The fourth-order valence-electron chi connectivity index (χ4n) is 2.50. The molecule has 0 aromatic carbocycles. The second-order valence-corrected chi connectivity index (χ2v) is 4.16. The number of allylic oxidation sites excluding steroid dienone is 1. The summed E-state index contributed by atoms with van der Waals surface area (Å²) in [4.78, 5) is 11.4. The highest BCUT2D eigenvalue weighted by Crippen LogP contribution is 2.54. The molecule has 0 aromatic rings. The van der Waals surface area contributed by atoms with Gasteiger partial charge in [0, 0.05) is 12.3 Å². The molecule has 0 heterocycles. The topological polar surface area (TPSA) is 17.1 Å². The summed E-state index contributed by atoms with van der Waals surface area (Å²) in [6.45, 7) is 3.69. The molecule has 0 aromatic heterocycles. The SMILES string of the molecule is C=CCCC[C@H]1C(=O)CC2C[C@@H]21. The predicted octanol–water partition coefficient (Wildman–Crippen LogP) is 2.57. The minimum absolute atomic E-state index is 0.440. The van der Waals surface area contributed by atoms with Gasteiger partial charge in [0.25, 0.3) is 0 Å². The number of Topliss-reactive ketones (excluding diaryl/α,β-unsaturated/α-hetero) is 1. The van der Waals surface area contributed by atoms with E-state index in [1.807, 2.05) is 6.08 Å². The molecule has 66 valence electrons. The number of rotatable bonds is 4. The standard InChI is InChI=1S/C11H16O/c1-2-3-4-5-9-10-6-8(10)7-11(9)12/h2,8-10H,1,3-7H2/t8?,9-,10+/m1/s1. The molecule has 3 atom stereocenters. The van der Waals surface area contributed by atoms with Crippen molar-refractivity contribution < 1.29 is 4.79 Å². The predicted molar refractivity (Wildman–Crippen MR) is 48.8 cm³/mol. The molecule has 0 amide bonds.